The van der Waals surface area contributed by atoms with Crippen molar-refractivity contribution in [1.29, 1.82) is 0 Å². The third-order valence-corrected chi connectivity index (χ3v) is 1.58. The van der Waals surface area contributed by atoms with E-state index in [9.17, 15) is 4.79 Å². The fraction of sp³-hybridized carbons (Fsp3) is 0.800. The maximum absolute atomic E-state index is 10.6. The SMILES string of the molecule is C[C@@H](O)[C@@H]1CN(N)C1=O. The summed E-state index contributed by atoms with van der Waals surface area (Å²) in [6.45, 7) is 2.08. The summed E-state index contributed by atoms with van der Waals surface area (Å²) in [6.07, 6.45) is -0.558. The van der Waals surface area contributed by atoms with Crippen molar-refractivity contribution < 1.29 is 9.90 Å². The molecule has 0 bridgehead atoms. The van der Waals surface area contributed by atoms with E-state index in [1.165, 1.54) is 0 Å². The van der Waals surface area contributed by atoms with E-state index in [1.807, 2.05) is 0 Å². The molecule has 0 saturated carbocycles. The van der Waals surface area contributed by atoms with Crippen LogP contribution in [0.4, 0.5) is 0 Å². The molecule has 1 saturated heterocycles. The van der Waals surface area contributed by atoms with E-state index in [1.54, 1.807) is 6.92 Å². The van der Waals surface area contributed by atoms with E-state index < -0.39 is 6.10 Å². The van der Waals surface area contributed by atoms with Crippen LogP contribution in [0.2, 0.25) is 0 Å². The van der Waals surface area contributed by atoms with Gasteiger partial charge >= 0.3 is 0 Å². The number of amides is 1. The molecular formula is C5H10N2O2. The Kier molecular flexibility index (Phi) is 1.42. The molecule has 1 aliphatic heterocycles. The molecule has 2 atom stereocenters. The Hall–Kier alpha value is -0.610. The number of hydrogen-bond donors (Lipinski definition) is 2. The van der Waals surface area contributed by atoms with Gasteiger partial charge in [0.25, 0.3) is 0 Å². The van der Waals surface area contributed by atoms with Gasteiger partial charge in [0.15, 0.2) is 0 Å². The predicted octanol–water partition coefficient (Wildman–Crippen LogP) is -1.30. The fourth-order valence-electron chi connectivity index (χ4n) is 0.839. The lowest BCUT2D eigenvalue weighted by molar-refractivity contribution is -0.154. The normalized spacial score (nSPS) is 29.9. The van der Waals surface area contributed by atoms with Gasteiger partial charge in [-0.05, 0) is 6.92 Å². The number of hydrogen-bond acceptors (Lipinski definition) is 3. The van der Waals surface area contributed by atoms with Crippen LogP contribution in [0.3, 0.4) is 0 Å². The Morgan fingerprint density at radius 2 is 2.56 bits per heavy atom. The molecule has 0 unspecified atom stereocenters. The van der Waals surface area contributed by atoms with Crippen LogP contribution < -0.4 is 5.84 Å². The molecule has 0 aromatic carbocycles. The van der Waals surface area contributed by atoms with E-state index in [0.717, 1.165) is 5.01 Å². The van der Waals surface area contributed by atoms with Crippen molar-refractivity contribution in [3.63, 3.8) is 0 Å². The summed E-state index contributed by atoms with van der Waals surface area (Å²) in [5, 5.41) is 9.97. The summed E-state index contributed by atoms with van der Waals surface area (Å²) in [5.41, 5.74) is 0. The molecule has 1 aliphatic rings. The van der Waals surface area contributed by atoms with Crippen LogP contribution in [-0.2, 0) is 4.79 Å². The van der Waals surface area contributed by atoms with Gasteiger partial charge in [0.05, 0.1) is 18.6 Å². The first-order valence-electron chi connectivity index (χ1n) is 2.87. The van der Waals surface area contributed by atoms with Gasteiger partial charge in [-0.1, -0.05) is 0 Å². The van der Waals surface area contributed by atoms with Crippen molar-refractivity contribution in [1.82, 2.24) is 5.01 Å². The lowest BCUT2D eigenvalue weighted by Crippen LogP contribution is -2.59. The number of rotatable bonds is 1. The second-order valence-corrected chi connectivity index (χ2v) is 2.34. The second-order valence-electron chi connectivity index (χ2n) is 2.34. The summed E-state index contributed by atoms with van der Waals surface area (Å²) in [5.74, 6) is 4.71. The molecule has 9 heavy (non-hydrogen) atoms. The fourth-order valence-corrected chi connectivity index (χ4v) is 0.839. The Labute approximate surface area is 53.2 Å². The summed E-state index contributed by atoms with van der Waals surface area (Å²) >= 11 is 0. The maximum Gasteiger partial charge on any atom is 0.244 e. The van der Waals surface area contributed by atoms with Crippen molar-refractivity contribution in [3.8, 4) is 0 Å². The maximum atomic E-state index is 10.6. The van der Waals surface area contributed by atoms with Crippen LogP contribution in [0.5, 0.6) is 0 Å². The van der Waals surface area contributed by atoms with Gasteiger partial charge in [0, 0.05) is 0 Å². The molecule has 0 spiro atoms. The highest BCUT2D eigenvalue weighted by Crippen LogP contribution is 2.16. The Balaban J connectivity index is 2.42. The standard InChI is InChI=1S/C5H10N2O2/c1-3(8)4-2-7(6)5(4)9/h3-4,8H,2,6H2,1H3/t3-,4+/m1/s1. The second kappa shape index (κ2) is 1.97. The van der Waals surface area contributed by atoms with Crippen molar-refractivity contribution in [3.05, 3.63) is 0 Å². The highest BCUT2D eigenvalue weighted by molar-refractivity contribution is 5.84. The molecule has 0 aromatic heterocycles. The highest BCUT2D eigenvalue weighted by Gasteiger charge is 2.37. The Morgan fingerprint density at radius 3 is 2.67 bits per heavy atom. The molecule has 1 rings (SSSR count). The third-order valence-electron chi connectivity index (χ3n) is 1.58. The van der Waals surface area contributed by atoms with Crippen LogP contribution in [0.25, 0.3) is 0 Å². The monoisotopic (exact) mass is 130 g/mol. The average Bonchev–Trinajstić information content (AvgIpc) is 1.81. The number of nitrogens with zero attached hydrogens (tertiary/aromatic N) is 1. The van der Waals surface area contributed by atoms with Crippen LogP contribution in [0, 0.1) is 5.92 Å². The molecule has 3 N–H and O–H groups in total. The van der Waals surface area contributed by atoms with Crippen molar-refractivity contribution in [2.45, 2.75) is 13.0 Å². The summed E-state index contributed by atoms with van der Waals surface area (Å²) < 4.78 is 0. The van der Waals surface area contributed by atoms with Crippen LogP contribution in [0.15, 0.2) is 0 Å². The minimum Gasteiger partial charge on any atom is -0.393 e. The number of nitrogens with two attached hydrogens (primary N) is 1. The highest BCUT2D eigenvalue weighted by atomic mass is 16.3. The van der Waals surface area contributed by atoms with Crippen LogP contribution >= 0.6 is 0 Å². The molecule has 0 aromatic rings. The van der Waals surface area contributed by atoms with Gasteiger partial charge < -0.3 is 5.11 Å². The van der Waals surface area contributed by atoms with Crippen LogP contribution in [0.1, 0.15) is 6.92 Å². The van der Waals surface area contributed by atoms with E-state index in [-0.39, 0.29) is 11.8 Å². The lowest BCUT2D eigenvalue weighted by Gasteiger charge is -2.35. The number of aliphatic hydroxyl groups excluding tert-OH is 1. The molecule has 52 valence electrons. The third kappa shape index (κ3) is 0.906. The van der Waals surface area contributed by atoms with E-state index >= 15 is 0 Å². The quantitative estimate of drug-likeness (QED) is 0.263. The summed E-state index contributed by atoms with van der Waals surface area (Å²) in [6, 6.07) is 0. The Bertz CT molecular complexity index is 135. The van der Waals surface area contributed by atoms with Gasteiger partial charge in [0.2, 0.25) is 5.91 Å². The molecule has 1 heterocycles. The first-order valence-corrected chi connectivity index (χ1v) is 2.87. The zero-order chi connectivity index (χ0) is 7.02. The minimum atomic E-state index is -0.558. The zero-order valence-corrected chi connectivity index (χ0v) is 5.24. The van der Waals surface area contributed by atoms with Crippen molar-refractivity contribution in [2.24, 2.45) is 11.8 Å². The van der Waals surface area contributed by atoms with Crippen molar-refractivity contribution in [2.75, 3.05) is 6.54 Å². The zero-order valence-electron chi connectivity index (χ0n) is 5.24. The summed E-state index contributed by atoms with van der Waals surface area (Å²) in [7, 11) is 0. The molecule has 0 aliphatic carbocycles. The Morgan fingerprint density at radius 1 is 2.00 bits per heavy atom. The van der Waals surface area contributed by atoms with Gasteiger partial charge in [-0.3, -0.25) is 9.80 Å². The van der Waals surface area contributed by atoms with Crippen LogP contribution in [-0.4, -0.2) is 28.7 Å². The first kappa shape index (κ1) is 6.51. The average molecular weight is 130 g/mol. The largest absolute Gasteiger partial charge is 0.393 e. The van der Waals surface area contributed by atoms with Gasteiger partial charge in [-0.2, -0.15) is 0 Å². The molecule has 1 amide bonds. The number of hydrazine groups is 1. The number of carbonyl (C=O) groups is 1. The van der Waals surface area contributed by atoms with Gasteiger partial charge in [0.1, 0.15) is 0 Å². The first-order chi connectivity index (χ1) is 4.13. The van der Waals surface area contributed by atoms with E-state index in [0.29, 0.717) is 6.54 Å². The number of β-lactam (4-membered cyclic amide) rings is 1. The van der Waals surface area contributed by atoms with Gasteiger partial charge in [-0.15, -0.1) is 0 Å². The summed E-state index contributed by atoms with van der Waals surface area (Å²) in [4.78, 5) is 10.6. The van der Waals surface area contributed by atoms with Gasteiger partial charge in [-0.25, -0.2) is 5.84 Å². The molecule has 4 nitrogen and oxygen atoms in total. The number of carbonyl (C=O) groups excluding carboxylic acids is 1. The smallest absolute Gasteiger partial charge is 0.244 e. The topological polar surface area (TPSA) is 66.6 Å². The number of aliphatic hydroxyl groups is 1. The molecular weight excluding hydrogens is 120 g/mol. The van der Waals surface area contributed by atoms with Crippen molar-refractivity contribution >= 4 is 5.91 Å². The minimum absolute atomic E-state index is 0.162. The molecule has 0 radical (unpaired) electrons. The lowest BCUT2D eigenvalue weighted by atomic mass is 9.96. The predicted molar refractivity (Wildman–Crippen MR) is 31.1 cm³/mol. The van der Waals surface area contributed by atoms with E-state index in [2.05, 4.69) is 0 Å². The molecule has 4 heteroatoms. The van der Waals surface area contributed by atoms with E-state index in [4.69, 9.17) is 10.9 Å². The molecule has 1 fully saturated rings.